The molecule has 0 amide bonds. The summed E-state index contributed by atoms with van der Waals surface area (Å²) in [7, 11) is 0. The smallest absolute Gasteiger partial charge is 0.354 e. The zero-order chi connectivity index (χ0) is 10.6. The molecule has 0 aromatic carbocycles. The molecule has 0 fully saturated rings. The van der Waals surface area contributed by atoms with Gasteiger partial charge in [0.1, 0.15) is 5.69 Å². The van der Waals surface area contributed by atoms with E-state index in [0.29, 0.717) is 5.69 Å². The number of nitrogens with two attached hydrogens (primary N) is 1. The summed E-state index contributed by atoms with van der Waals surface area (Å²) in [5.41, 5.74) is 5.96. The van der Waals surface area contributed by atoms with Crippen LogP contribution >= 0.6 is 0 Å². The molecule has 0 aliphatic carbocycles. The van der Waals surface area contributed by atoms with Crippen LogP contribution in [0.5, 0.6) is 0 Å². The monoisotopic (exact) mass is 191 g/mol. The van der Waals surface area contributed by atoms with Gasteiger partial charge in [0.2, 0.25) is 0 Å². The first-order valence-electron chi connectivity index (χ1n) is 3.98. The fourth-order valence-corrected chi connectivity index (χ4v) is 0.980. The molecule has 0 aliphatic heterocycles. The van der Waals surface area contributed by atoms with Crippen LogP contribution in [-0.2, 0) is 0 Å². The van der Waals surface area contributed by atoms with Crippen molar-refractivity contribution in [1.29, 1.82) is 5.26 Å². The molecule has 1 aromatic rings. The summed E-state index contributed by atoms with van der Waals surface area (Å²) in [6.45, 7) is 0. The SMILES string of the molecule is N#CC[C@H](N)c1cccc(C(=O)O)n1. The van der Waals surface area contributed by atoms with Gasteiger partial charge in [0.15, 0.2) is 0 Å². The van der Waals surface area contributed by atoms with Crippen LogP contribution in [0.2, 0.25) is 0 Å². The van der Waals surface area contributed by atoms with Crippen LogP contribution in [0, 0.1) is 11.3 Å². The van der Waals surface area contributed by atoms with Crippen molar-refractivity contribution in [2.45, 2.75) is 12.5 Å². The van der Waals surface area contributed by atoms with Gasteiger partial charge in [-0.05, 0) is 12.1 Å². The Balaban J connectivity index is 2.94. The molecular weight excluding hydrogens is 182 g/mol. The topological polar surface area (TPSA) is 100 Å². The molecule has 1 rings (SSSR count). The van der Waals surface area contributed by atoms with Crippen molar-refractivity contribution in [2.75, 3.05) is 0 Å². The zero-order valence-corrected chi connectivity index (χ0v) is 7.34. The number of pyridine rings is 1. The first kappa shape index (κ1) is 10.2. The Hall–Kier alpha value is -1.93. The predicted octanol–water partition coefficient (Wildman–Crippen LogP) is 0.693. The molecule has 0 saturated carbocycles. The van der Waals surface area contributed by atoms with Crippen LogP contribution in [0.3, 0.4) is 0 Å². The quantitative estimate of drug-likeness (QED) is 0.732. The van der Waals surface area contributed by atoms with E-state index < -0.39 is 12.0 Å². The van der Waals surface area contributed by atoms with Crippen molar-refractivity contribution in [1.82, 2.24) is 4.98 Å². The Morgan fingerprint density at radius 3 is 3.00 bits per heavy atom. The van der Waals surface area contributed by atoms with Crippen molar-refractivity contribution in [2.24, 2.45) is 5.73 Å². The van der Waals surface area contributed by atoms with Crippen LogP contribution in [0.1, 0.15) is 28.6 Å². The number of nitriles is 1. The van der Waals surface area contributed by atoms with Crippen molar-refractivity contribution in [3.05, 3.63) is 29.6 Å². The van der Waals surface area contributed by atoms with Crippen LogP contribution in [-0.4, -0.2) is 16.1 Å². The van der Waals surface area contributed by atoms with E-state index in [2.05, 4.69) is 4.98 Å². The zero-order valence-electron chi connectivity index (χ0n) is 7.34. The van der Waals surface area contributed by atoms with Gasteiger partial charge >= 0.3 is 5.97 Å². The summed E-state index contributed by atoms with van der Waals surface area (Å²) in [6, 6.07) is 5.92. The summed E-state index contributed by atoms with van der Waals surface area (Å²) in [5.74, 6) is -1.10. The average Bonchev–Trinajstić information content (AvgIpc) is 2.18. The molecule has 0 bridgehead atoms. The average molecular weight is 191 g/mol. The summed E-state index contributed by atoms with van der Waals surface area (Å²) in [6.07, 6.45) is 0.121. The third kappa shape index (κ3) is 2.28. The van der Waals surface area contributed by atoms with Crippen molar-refractivity contribution in [3.8, 4) is 6.07 Å². The number of hydrogen-bond acceptors (Lipinski definition) is 4. The van der Waals surface area contributed by atoms with Crippen LogP contribution < -0.4 is 5.73 Å². The molecule has 1 aromatic heterocycles. The standard InChI is InChI=1S/C9H9N3O2/c10-5-4-6(11)7-2-1-3-8(12-7)9(13)14/h1-3,6H,4,11H2,(H,13,14)/t6-/m0/s1. The number of aromatic carboxylic acids is 1. The second-order valence-electron chi connectivity index (χ2n) is 2.72. The van der Waals surface area contributed by atoms with E-state index in [1.165, 1.54) is 6.07 Å². The fourth-order valence-electron chi connectivity index (χ4n) is 0.980. The maximum Gasteiger partial charge on any atom is 0.354 e. The number of hydrogen-bond donors (Lipinski definition) is 2. The van der Waals surface area contributed by atoms with Gasteiger partial charge in [0.05, 0.1) is 24.2 Å². The van der Waals surface area contributed by atoms with Crippen molar-refractivity contribution in [3.63, 3.8) is 0 Å². The molecule has 5 nitrogen and oxygen atoms in total. The first-order chi connectivity index (χ1) is 6.65. The van der Waals surface area contributed by atoms with E-state index in [1.54, 1.807) is 12.1 Å². The number of carbonyl (C=O) groups is 1. The maximum atomic E-state index is 10.6. The largest absolute Gasteiger partial charge is 0.477 e. The Morgan fingerprint density at radius 2 is 2.43 bits per heavy atom. The van der Waals surface area contributed by atoms with Gasteiger partial charge in [-0.25, -0.2) is 9.78 Å². The van der Waals surface area contributed by atoms with Gasteiger partial charge in [0.25, 0.3) is 0 Å². The number of carboxylic acids is 1. The highest BCUT2D eigenvalue weighted by Gasteiger charge is 2.10. The third-order valence-electron chi connectivity index (χ3n) is 1.68. The third-order valence-corrected chi connectivity index (χ3v) is 1.68. The minimum atomic E-state index is -1.10. The normalized spacial score (nSPS) is 11.7. The summed E-state index contributed by atoms with van der Waals surface area (Å²) < 4.78 is 0. The number of nitrogens with zero attached hydrogens (tertiary/aromatic N) is 2. The fraction of sp³-hybridized carbons (Fsp3) is 0.222. The highest BCUT2D eigenvalue weighted by Crippen LogP contribution is 2.10. The lowest BCUT2D eigenvalue weighted by atomic mass is 10.1. The molecule has 5 heteroatoms. The molecule has 1 heterocycles. The molecular formula is C9H9N3O2. The Kier molecular flexibility index (Phi) is 3.15. The number of carboxylic acid groups (broad SMARTS) is 1. The molecule has 1 atom stereocenters. The van der Waals surface area contributed by atoms with Gasteiger partial charge < -0.3 is 10.8 Å². The molecule has 3 N–H and O–H groups in total. The van der Waals surface area contributed by atoms with E-state index in [-0.39, 0.29) is 12.1 Å². The maximum absolute atomic E-state index is 10.6. The Labute approximate surface area is 80.8 Å². The lowest BCUT2D eigenvalue weighted by Gasteiger charge is -2.06. The first-order valence-corrected chi connectivity index (χ1v) is 3.98. The lowest BCUT2D eigenvalue weighted by molar-refractivity contribution is 0.0690. The van der Waals surface area contributed by atoms with Crippen molar-refractivity contribution < 1.29 is 9.90 Å². The second kappa shape index (κ2) is 4.35. The van der Waals surface area contributed by atoms with E-state index in [1.807, 2.05) is 6.07 Å². The number of rotatable bonds is 3. The summed E-state index contributed by atoms with van der Waals surface area (Å²) in [5, 5.41) is 17.1. The van der Waals surface area contributed by atoms with E-state index in [4.69, 9.17) is 16.1 Å². The van der Waals surface area contributed by atoms with Gasteiger partial charge in [-0.15, -0.1) is 0 Å². The Bertz CT molecular complexity index is 384. The van der Waals surface area contributed by atoms with E-state index in [0.717, 1.165) is 0 Å². The molecule has 0 saturated heterocycles. The minimum absolute atomic E-state index is 0.0594. The van der Waals surface area contributed by atoms with Crippen LogP contribution in [0.25, 0.3) is 0 Å². The van der Waals surface area contributed by atoms with Gasteiger partial charge in [-0.2, -0.15) is 5.26 Å². The Morgan fingerprint density at radius 1 is 1.71 bits per heavy atom. The summed E-state index contributed by atoms with van der Waals surface area (Å²) >= 11 is 0. The van der Waals surface area contributed by atoms with Crippen LogP contribution in [0.4, 0.5) is 0 Å². The summed E-state index contributed by atoms with van der Waals surface area (Å²) in [4.78, 5) is 14.4. The predicted molar refractivity (Wildman–Crippen MR) is 48.4 cm³/mol. The van der Waals surface area contributed by atoms with Gasteiger partial charge in [0, 0.05) is 0 Å². The highest BCUT2D eigenvalue weighted by molar-refractivity contribution is 5.85. The molecule has 0 spiro atoms. The molecule has 14 heavy (non-hydrogen) atoms. The van der Waals surface area contributed by atoms with Crippen LogP contribution in [0.15, 0.2) is 18.2 Å². The molecule has 0 aliphatic rings. The lowest BCUT2D eigenvalue weighted by Crippen LogP contribution is -2.13. The minimum Gasteiger partial charge on any atom is -0.477 e. The molecule has 0 radical (unpaired) electrons. The van der Waals surface area contributed by atoms with Gasteiger partial charge in [-0.1, -0.05) is 6.07 Å². The van der Waals surface area contributed by atoms with Gasteiger partial charge in [-0.3, -0.25) is 0 Å². The highest BCUT2D eigenvalue weighted by atomic mass is 16.4. The van der Waals surface area contributed by atoms with E-state index in [9.17, 15) is 4.79 Å². The van der Waals surface area contributed by atoms with Crippen molar-refractivity contribution >= 4 is 5.97 Å². The number of aromatic nitrogens is 1. The van der Waals surface area contributed by atoms with E-state index >= 15 is 0 Å². The molecule has 72 valence electrons. The molecule has 0 unspecified atom stereocenters. The second-order valence-corrected chi connectivity index (χ2v) is 2.72.